The molecule has 14 heavy (non-hydrogen) atoms. The van der Waals surface area contributed by atoms with Crippen molar-refractivity contribution in [2.45, 2.75) is 6.92 Å². The van der Waals surface area contributed by atoms with Gasteiger partial charge < -0.3 is 10.5 Å². The molecule has 0 unspecified atom stereocenters. The summed E-state index contributed by atoms with van der Waals surface area (Å²) in [5, 5.41) is 0. The summed E-state index contributed by atoms with van der Waals surface area (Å²) < 4.78 is 5.88. The van der Waals surface area contributed by atoms with E-state index < -0.39 is 0 Å². The standard InChI is InChI=1S/C6H5.C4H8NO2.Hg/c1-2-4-6-5-3-1;1-4(6)7-3-2-5;/h1-5H;5H,2-3H2,1H3;/q;-1;. The zero-order valence-corrected chi connectivity index (χ0v) is 13.8. The van der Waals surface area contributed by atoms with E-state index in [1.807, 2.05) is 0 Å². The fourth-order valence-electron chi connectivity index (χ4n) is 0.673. The second kappa shape index (κ2) is 9.15. The molecular formula is C10H13HgNO2-. The Morgan fingerprint density at radius 2 is 2.00 bits per heavy atom. The van der Waals surface area contributed by atoms with Crippen LogP contribution in [0.2, 0.25) is 0 Å². The van der Waals surface area contributed by atoms with Crippen LogP contribution in [0.3, 0.4) is 0 Å². The number of hydrogen-bond acceptors (Lipinski definition) is 2. The van der Waals surface area contributed by atoms with Crippen molar-refractivity contribution >= 4 is 9.04 Å². The first-order chi connectivity index (χ1) is 6.66. The van der Waals surface area contributed by atoms with E-state index in [-0.39, 0.29) is 19.1 Å². The molecule has 0 aliphatic rings. The summed E-state index contributed by atoms with van der Waals surface area (Å²) in [7, 11) is 0. The van der Waals surface area contributed by atoms with Crippen LogP contribution in [0.15, 0.2) is 30.3 Å². The molecule has 0 atom stereocenters. The van der Waals surface area contributed by atoms with Gasteiger partial charge in [-0.15, -0.1) is 6.54 Å². The number of rotatable bonds is 2. The molecule has 0 radical (unpaired) electrons. The molecule has 0 amide bonds. The van der Waals surface area contributed by atoms with Crippen molar-refractivity contribution < 1.29 is 35.7 Å². The molecule has 73 valence electrons. The van der Waals surface area contributed by atoms with E-state index in [0.29, 0.717) is 0 Å². The second-order valence-electron chi connectivity index (χ2n) is 2.58. The number of hydrogen-bond donors (Lipinski definition) is 0. The topological polar surface area (TPSA) is 50.1 Å². The Labute approximate surface area is 101 Å². The van der Waals surface area contributed by atoms with Crippen LogP contribution >= 0.6 is 0 Å². The van der Waals surface area contributed by atoms with E-state index >= 15 is 0 Å². The molecule has 0 aromatic heterocycles. The van der Waals surface area contributed by atoms with Crippen molar-refractivity contribution in [1.29, 1.82) is 0 Å². The summed E-state index contributed by atoms with van der Waals surface area (Å²) in [6.07, 6.45) is 0. The Hall–Kier alpha value is -0.415. The van der Waals surface area contributed by atoms with Crippen LogP contribution in [0, 0.1) is 0 Å². The normalized spacial score (nSPS) is 8.57. The first-order valence-corrected chi connectivity index (χ1v) is 7.06. The van der Waals surface area contributed by atoms with E-state index in [4.69, 9.17) is 5.73 Å². The molecule has 1 rings (SSSR count). The van der Waals surface area contributed by atoms with Crippen LogP contribution in [0.4, 0.5) is 0 Å². The van der Waals surface area contributed by atoms with Crippen LogP contribution in [-0.4, -0.2) is 19.1 Å². The van der Waals surface area contributed by atoms with Gasteiger partial charge in [-0.1, -0.05) is 0 Å². The third kappa shape index (κ3) is 9.67. The summed E-state index contributed by atoms with van der Waals surface area (Å²) in [4.78, 5) is 9.90. The Morgan fingerprint density at radius 1 is 1.43 bits per heavy atom. The molecule has 0 fully saturated rings. The van der Waals surface area contributed by atoms with Gasteiger partial charge in [-0.25, -0.2) is 0 Å². The van der Waals surface area contributed by atoms with Gasteiger partial charge in [0.15, 0.2) is 0 Å². The van der Waals surface area contributed by atoms with Crippen LogP contribution < -0.4 is 3.07 Å². The Morgan fingerprint density at radius 3 is 2.21 bits per heavy atom. The van der Waals surface area contributed by atoms with Crippen LogP contribution in [-0.2, 0) is 35.7 Å². The van der Waals surface area contributed by atoms with E-state index in [1.54, 1.807) is 0 Å². The predicted octanol–water partition coefficient (Wildman–Crippen LogP) is 1.46. The molecule has 3 nitrogen and oxygen atoms in total. The molecule has 0 saturated carbocycles. The fourth-order valence-corrected chi connectivity index (χ4v) is 1.73. The molecule has 1 aromatic rings. The Kier molecular flexibility index (Phi) is 8.88. The predicted molar refractivity (Wildman–Crippen MR) is 51.9 cm³/mol. The van der Waals surface area contributed by atoms with Gasteiger partial charge in [-0.2, -0.15) is 0 Å². The fraction of sp³-hybridized carbons (Fsp3) is 0.300. The van der Waals surface area contributed by atoms with Gasteiger partial charge in [0.25, 0.3) is 0 Å². The summed E-state index contributed by atoms with van der Waals surface area (Å²) in [5.74, 6) is -0.313. The molecule has 0 saturated heterocycles. The van der Waals surface area contributed by atoms with Crippen molar-refractivity contribution in [3.63, 3.8) is 0 Å². The van der Waals surface area contributed by atoms with Crippen molar-refractivity contribution in [3.8, 4) is 0 Å². The maximum absolute atomic E-state index is 9.90. The minimum absolute atomic E-state index is 0.152. The van der Waals surface area contributed by atoms with Gasteiger partial charge in [0.2, 0.25) is 0 Å². The van der Waals surface area contributed by atoms with Crippen molar-refractivity contribution in [2.75, 3.05) is 13.2 Å². The first-order valence-electron chi connectivity index (χ1n) is 4.31. The summed E-state index contributed by atoms with van der Waals surface area (Å²) >= 11 is 0.810. The average Bonchev–Trinajstić information content (AvgIpc) is 2.17. The summed E-state index contributed by atoms with van der Waals surface area (Å²) in [5.41, 5.74) is 6.52. The molecule has 4 heteroatoms. The monoisotopic (exact) mass is 381 g/mol. The van der Waals surface area contributed by atoms with Gasteiger partial charge in [-0.05, 0) is 0 Å². The third-order valence-electron chi connectivity index (χ3n) is 1.25. The van der Waals surface area contributed by atoms with E-state index in [2.05, 4.69) is 35.1 Å². The number of carbonyl (C=O) groups excluding carboxylic acids is 1. The Balaban J connectivity index is 0.000000241. The third-order valence-corrected chi connectivity index (χ3v) is 3.08. The zero-order chi connectivity index (χ0) is 10.8. The van der Waals surface area contributed by atoms with E-state index in [0.717, 1.165) is 26.1 Å². The quantitative estimate of drug-likeness (QED) is 0.577. The molecule has 0 heterocycles. The van der Waals surface area contributed by atoms with Gasteiger partial charge in [0, 0.05) is 6.92 Å². The molecule has 1 aromatic carbocycles. The number of nitrogens with one attached hydrogen (secondary N) is 1. The molecule has 0 aliphatic carbocycles. The maximum atomic E-state index is 9.90. The summed E-state index contributed by atoms with van der Waals surface area (Å²) in [6.45, 7) is 1.70. The van der Waals surface area contributed by atoms with Crippen LogP contribution in [0.1, 0.15) is 6.92 Å². The zero-order valence-electron chi connectivity index (χ0n) is 8.32. The van der Waals surface area contributed by atoms with Crippen molar-refractivity contribution in [1.82, 2.24) is 0 Å². The number of benzene rings is 1. The second-order valence-corrected chi connectivity index (χ2v) is 5.75. The molecular weight excluding hydrogens is 367 g/mol. The minimum atomic E-state index is -0.313. The van der Waals surface area contributed by atoms with E-state index in [9.17, 15) is 4.79 Å². The van der Waals surface area contributed by atoms with Gasteiger partial charge in [-0.3, -0.25) is 4.79 Å². The average molecular weight is 380 g/mol. The SMILES string of the molecule is CC(=O)OCC[NH-].[Hg][c]1ccccc1. The van der Waals surface area contributed by atoms with Crippen LogP contribution in [0.5, 0.6) is 0 Å². The van der Waals surface area contributed by atoms with Crippen LogP contribution in [0.25, 0.3) is 5.73 Å². The van der Waals surface area contributed by atoms with Crippen molar-refractivity contribution in [3.05, 3.63) is 36.1 Å². The first kappa shape index (κ1) is 13.6. The van der Waals surface area contributed by atoms with E-state index in [1.165, 1.54) is 10.00 Å². The number of carbonyl (C=O) groups is 1. The van der Waals surface area contributed by atoms with Gasteiger partial charge >= 0.3 is 65.5 Å². The summed E-state index contributed by atoms with van der Waals surface area (Å²) in [6, 6.07) is 10.6. The molecule has 0 aliphatic heterocycles. The number of ether oxygens (including phenoxy) is 1. The van der Waals surface area contributed by atoms with Crippen molar-refractivity contribution in [2.24, 2.45) is 0 Å². The molecule has 0 bridgehead atoms. The molecule has 0 spiro atoms. The number of esters is 1. The van der Waals surface area contributed by atoms with Gasteiger partial charge in [0.05, 0.1) is 6.61 Å². The van der Waals surface area contributed by atoms with Gasteiger partial charge in [0.1, 0.15) is 0 Å². The molecule has 1 N–H and O–H groups in total. The Bertz CT molecular complexity index is 252.